The van der Waals surface area contributed by atoms with Gasteiger partial charge in [-0.3, -0.25) is 4.79 Å². The van der Waals surface area contributed by atoms with Crippen molar-refractivity contribution in [1.82, 2.24) is 10.3 Å². The minimum Gasteiger partial charge on any atom is -0.497 e. The Bertz CT molecular complexity index is 553. The van der Waals surface area contributed by atoms with Crippen LogP contribution < -0.4 is 10.1 Å². The van der Waals surface area contributed by atoms with Crippen LogP contribution in [0.4, 0.5) is 0 Å². The molecule has 1 N–H and O–H groups in total. The number of nitrogens with one attached hydrogen (secondary N) is 1. The van der Waals surface area contributed by atoms with E-state index in [1.807, 2.05) is 30.3 Å². The summed E-state index contributed by atoms with van der Waals surface area (Å²) in [6, 6.07) is 11.3. The van der Waals surface area contributed by atoms with Gasteiger partial charge in [0.15, 0.2) is 0 Å². The van der Waals surface area contributed by atoms with E-state index in [4.69, 9.17) is 4.74 Å². The van der Waals surface area contributed by atoms with E-state index in [-0.39, 0.29) is 5.91 Å². The smallest absolute Gasteiger partial charge is 0.252 e. The van der Waals surface area contributed by atoms with Gasteiger partial charge in [-0.25, -0.2) is 4.98 Å². The summed E-state index contributed by atoms with van der Waals surface area (Å²) >= 11 is 1.54. The summed E-state index contributed by atoms with van der Waals surface area (Å²) in [6.45, 7) is 0. The van der Waals surface area contributed by atoms with Crippen LogP contribution in [-0.4, -0.2) is 25.0 Å². The lowest BCUT2D eigenvalue weighted by Crippen LogP contribution is -2.17. The van der Waals surface area contributed by atoms with Gasteiger partial charge in [-0.05, 0) is 36.4 Å². The lowest BCUT2D eigenvalue weighted by atomic mass is 10.3. The van der Waals surface area contributed by atoms with E-state index >= 15 is 0 Å². The van der Waals surface area contributed by atoms with Gasteiger partial charge < -0.3 is 10.1 Å². The van der Waals surface area contributed by atoms with Crippen molar-refractivity contribution < 1.29 is 9.53 Å². The zero-order chi connectivity index (χ0) is 13.7. The van der Waals surface area contributed by atoms with Gasteiger partial charge in [-0.1, -0.05) is 11.8 Å². The average Bonchev–Trinajstić information content (AvgIpc) is 2.48. The third kappa shape index (κ3) is 3.48. The Balaban J connectivity index is 2.08. The standard InChI is InChI=1S/C14H14N2O2S/c1-15-14(17)10-3-8-13(16-9-10)19-12-6-4-11(18-2)5-7-12/h3-9H,1-2H3,(H,15,17). The number of methoxy groups -OCH3 is 1. The number of rotatable bonds is 4. The van der Waals surface area contributed by atoms with E-state index in [1.54, 1.807) is 26.4 Å². The molecule has 98 valence electrons. The van der Waals surface area contributed by atoms with Crippen LogP contribution in [-0.2, 0) is 0 Å². The fraction of sp³-hybridized carbons (Fsp3) is 0.143. The quantitative estimate of drug-likeness (QED) is 0.931. The number of hydrogen-bond acceptors (Lipinski definition) is 4. The van der Waals surface area contributed by atoms with Crippen LogP contribution in [0.2, 0.25) is 0 Å². The molecule has 2 rings (SSSR count). The molecule has 0 spiro atoms. The molecule has 0 radical (unpaired) electrons. The highest BCUT2D eigenvalue weighted by Gasteiger charge is 2.04. The van der Waals surface area contributed by atoms with Crippen LogP contribution in [0.25, 0.3) is 0 Å². The monoisotopic (exact) mass is 274 g/mol. The van der Waals surface area contributed by atoms with Crippen molar-refractivity contribution in [1.29, 1.82) is 0 Å². The van der Waals surface area contributed by atoms with Crippen molar-refractivity contribution in [3.8, 4) is 5.75 Å². The molecule has 0 saturated heterocycles. The molecule has 0 unspecified atom stereocenters. The van der Waals surface area contributed by atoms with Gasteiger partial charge in [0.05, 0.1) is 12.7 Å². The summed E-state index contributed by atoms with van der Waals surface area (Å²) in [6.07, 6.45) is 1.57. The summed E-state index contributed by atoms with van der Waals surface area (Å²) in [5.74, 6) is 0.695. The molecule has 0 saturated carbocycles. The van der Waals surface area contributed by atoms with E-state index in [9.17, 15) is 4.79 Å². The van der Waals surface area contributed by atoms with Crippen molar-refractivity contribution >= 4 is 17.7 Å². The van der Waals surface area contributed by atoms with E-state index in [0.717, 1.165) is 15.7 Å². The first-order valence-corrected chi connectivity index (χ1v) is 6.54. The first-order chi connectivity index (χ1) is 9.22. The van der Waals surface area contributed by atoms with Crippen molar-refractivity contribution in [3.05, 3.63) is 48.2 Å². The van der Waals surface area contributed by atoms with E-state index in [0.29, 0.717) is 5.56 Å². The average molecular weight is 274 g/mol. The lowest BCUT2D eigenvalue weighted by molar-refractivity contribution is 0.0962. The summed E-state index contributed by atoms with van der Waals surface area (Å²) < 4.78 is 5.10. The van der Waals surface area contributed by atoms with Crippen LogP contribution >= 0.6 is 11.8 Å². The van der Waals surface area contributed by atoms with Crippen molar-refractivity contribution in [3.63, 3.8) is 0 Å². The van der Waals surface area contributed by atoms with Crippen LogP contribution in [0.3, 0.4) is 0 Å². The molecule has 1 aromatic carbocycles. The molecule has 2 aromatic rings. The van der Waals surface area contributed by atoms with Gasteiger partial charge in [0.1, 0.15) is 10.8 Å². The normalized spacial score (nSPS) is 10.0. The second-order valence-corrected chi connectivity index (χ2v) is 4.84. The van der Waals surface area contributed by atoms with E-state index in [2.05, 4.69) is 10.3 Å². The van der Waals surface area contributed by atoms with E-state index < -0.39 is 0 Å². The molecular weight excluding hydrogens is 260 g/mol. The molecule has 0 aliphatic carbocycles. The number of amides is 1. The zero-order valence-electron chi connectivity index (χ0n) is 10.7. The van der Waals surface area contributed by atoms with Gasteiger partial charge in [0, 0.05) is 18.1 Å². The molecule has 4 nitrogen and oxygen atoms in total. The number of aromatic nitrogens is 1. The summed E-state index contributed by atoms with van der Waals surface area (Å²) in [7, 11) is 3.24. The fourth-order valence-corrected chi connectivity index (χ4v) is 2.24. The Morgan fingerprint density at radius 1 is 1.21 bits per heavy atom. The fourth-order valence-electron chi connectivity index (χ4n) is 1.48. The number of carbonyl (C=O) groups is 1. The van der Waals surface area contributed by atoms with Crippen molar-refractivity contribution in [2.45, 2.75) is 9.92 Å². The molecule has 0 aliphatic heterocycles. The maximum Gasteiger partial charge on any atom is 0.252 e. The number of carbonyl (C=O) groups excluding carboxylic acids is 1. The zero-order valence-corrected chi connectivity index (χ0v) is 11.5. The Kier molecular flexibility index (Phi) is 4.41. The van der Waals surface area contributed by atoms with Crippen molar-refractivity contribution in [2.24, 2.45) is 0 Å². The predicted octanol–water partition coefficient (Wildman–Crippen LogP) is 2.60. The summed E-state index contributed by atoms with van der Waals surface area (Å²) in [4.78, 5) is 16.7. The Morgan fingerprint density at radius 3 is 2.47 bits per heavy atom. The second kappa shape index (κ2) is 6.24. The van der Waals surface area contributed by atoms with Crippen LogP contribution in [0.5, 0.6) is 5.75 Å². The second-order valence-electron chi connectivity index (χ2n) is 3.74. The first-order valence-electron chi connectivity index (χ1n) is 5.73. The molecule has 0 bridgehead atoms. The molecular formula is C14H14N2O2S. The number of pyridine rings is 1. The molecule has 0 atom stereocenters. The van der Waals surface area contributed by atoms with Gasteiger partial charge in [-0.2, -0.15) is 0 Å². The SMILES string of the molecule is CNC(=O)c1ccc(Sc2ccc(OC)cc2)nc1. The largest absolute Gasteiger partial charge is 0.497 e. The molecule has 1 aromatic heterocycles. The van der Waals surface area contributed by atoms with Gasteiger partial charge in [0.2, 0.25) is 0 Å². The lowest BCUT2D eigenvalue weighted by Gasteiger charge is -2.04. The van der Waals surface area contributed by atoms with Gasteiger partial charge >= 0.3 is 0 Å². The Morgan fingerprint density at radius 2 is 1.95 bits per heavy atom. The predicted molar refractivity (Wildman–Crippen MR) is 74.7 cm³/mol. The Labute approximate surface area is 116 Å². The number of ether oxygens (including phenoxy) is 1. The van der Waals surface area contributed by atoms with Gasteiger partial charge in [0.25, 0.3) is 5.91 Å². The first kappa shape index (κ1) is 13.4. The maximum absolute atomic E-state index is 11.4. The third-order valence-corrected chi connectivity index (χ3v) is 3.47. The highest BCUT2D eigenvalue weighted by molar-refractivity contribution is 7.99. The minimum absolute atomic E-state index is 0.131. The number of hydrogen-bond donors (Lipinski definition) is 1. The number of benzene rings is 1. The summed E-state index contributed by atoms with van der Waals surface area (Å²) in [5.41, 5.74) is 0.557. The molecule has 0 fully saturated rings. The van der Waals surface area contributed by atoms with Gasteiger partial charge in [-0.15, -0.1) is 0 Å². The van der Waals surface area contributed by atoms with Crippen molar-refractivity contribution in [2.75, 3.05) is 14.2 Å². The molecule has 5 heteroatoms. The minimum atomic E-state index is -0.131. The van der Waals surface area contributed by atoms with Crippen LogP contribution in [0.1, 0.15) is 10.4 Å². The summed E-state index contributed by atoms with van der Waals surface area (Å²) in [5, 5.41) is 3.41. The van der Waals surface area contributed by atoms with E-state index in [1.165, 1.54) is 11.8 Å². The highest BCUT2D eigenvalue weighted by atomic mass is 32.2. The third-order valence-electron chi connectivity index (χ3n) is 2.51. The molecule has 19 heavy (non-hydrogen) atoms. The highest BCUT2D eigenvalue weighted by Crippen LogP contribution is 2.27. The Hall–Kier alpha value is -2.01. The topological polar surface area (TPSA) is 51.2 Å². The van der Waals surface area contributed by atoms with Crippen LogP contribution in [0.15, 0.2) is 52.5 Å². The maximum atomic E-state index is 11.4. The number of nitrogens with zero attached hydrogens (tertiary/aromatic N) is 1. The molecule has 0 aliphatic rings. The van der Waals surface area contributed by atoms with Crippen LogP contribution in [0, 0.1) is 0 Å². The molecule has 1 amide bonds. The molecule has 1 heterocycles.